The van der Waals surface area contributed by atoms with E-state index in [0.717, 1.165) is 6.07 Å². The van der Waals surface area contributed by atoms with Crippen molar-refractivity contribution in [2.75, 3.05) is 5.32 Å². The molecule has 134 valence electrons. The number of carbonyl (C=O) groups excluding carboxylic acids is 1. The molecular formula is C15H15ClF5NO2. The van der Waals surface area contributed by atoms with Crippen LogP contribution >= 0.6 is 11.6 Å². The second-order valence-electron chi connectivity index (χ2n) is 5.62. The minimum atomic E-state index is -4.31. The van der Waals surface area contributed by atoms with E-state index in [1.54, 1.807) is 0 Å². The van der Waals surface area contributed by atoms with Crippen molar-refractivity contribution in [1.29, 1.82) is 0 Å². The SMILES string of the molecule is O=C(Nc1ccc(OC(F)F)c(Cl)c1)C1CCCC(C(F)(F)F)C1. The van der Waals surface area contributed by atoms with E-state index in [-0.39, 0.29) is 29.3 Å². The molecule has 1 saturated carbocycles. The third kappa shape index (κ3) is 4.96. The molecule has 1 amide bonds. The average Bonchev–Trinajstić information content (AvgIpc) is 2.49. The minimum Gasteiger partial charge on any atom is -0.433 e. The van der Waals surface area contributed by atoms with E-state index < -0.39 is 30.5 Å². The van der Waals surface area contributed by atoms with Crippen molar-refractivity contribution in [3.63, 3.8) is 0 Å². The van der Waals surface area contributed by atoms with Crippen molar-refractivity contribution >= 4 is 23.2 Å². The molecule has 1 aromatic carbocycles. The molecule has 1 fully saturated rings. The summed E-state index contributed by atoms with van der Waals surface area (Å²) in [6, 6.07) is 3.66. The predicted molar refractivity (Wildman–Crippen MR) is 78.2 cm³/mol. The number of rotatable bonds is 4. The van der Waals surface area contributed by atoms with Gasteiger partial charge < -0.3 is 10.1 Å². The summed E-state index contributed by atoms with van der Waals surface area (Å²) in [5, 5.41) is 2.34. The van der Waals surface area contributed by atoms with Crippen molar-refractivity contribution in [3.8, 4) is 5.75 Å². The van der Waals surface area contributed by atoms with E-state index >= 15 is 0 Å². The zero-order valence-electron chi connectivity index (χ0n) is 12.4. The fourth-order valence-corrected chi connectivity index (χ4v) is 2.96. The Labute approximate surface area is 140 Å². The summed E-state index contributed by atoms with van der Waals surface area (Å²) in [5.74, 6) is -3.02. The summed E-state index contributed by atoms with van der Waals surface area (Å²) in [4.78, 5) is 12.1. The summed E-state index contributed by atoms with van der Waals surface area (Å²) < 4.78 is 66.8. The highest BCUT2D eigenvalue weighted by atomic mass is 35.5. The molecule has 2 unspecified atom stereocenters. The molecule has 0 radical (unpaired) electrons. The Balaban J connectivity index is 2.00. The molecule has 2 rings (SSSR count). The number of nitrogens with one attached hydrogen (secondary N) is 1. The van der Waals surface area contributed by atoms with Crippen molar-refractivity contribution in [2.24, 2.45) is 11.8 Å². The van der Waals surface area contributed by atoms with Crippen molar-refractivity contribution in [3.05, 3.63) is 23.2 Å². The van der Waals surface area contributed by atoms with E-state index in [4.69, 9.17) is 11.6 Å². The Kier molecular flexibility index (Phi) is 5.90. The maximum Gasteiger partial charge on any atom is 0.391 e. The number of anilines is 1. The van der Waals surface area contributed by atoms with Gasteiger partial charge in [0.05, 0.1) is 10.9 Å². The molecule has 2 atom stereocenters. The molecule has 0 spiro atoms. The lowest BCUT2D eigenvalue weighted by Gasteiger charge is -2.29. The maximum atomic E-state index is 12.8. The molecular weight excluding hydrogens is 357 g/mol. The van der Waals surface area contributed by atoms with Crippen LogP contribution in [0.4, 0.5) is 27.6 Å². The van der Waals surface area contributed by atoms with E-state index in [1.807, 2.05) is 0 Å². The lowest BCUT2D eigenvalue weighted by atomic mass is 9.80. The fourth-order valence-electron chi connectivity index (χ4n) is 2.74. The van der Waals surface area contributed by atoms with Crippen LogP contribution in [0.25, 0.3) is 0 Å². The van der Waals surface area contributed by atoms with Crippen molar-refractivity contribution in [1.82, 2.24) is 0 Å². The van der Waals surface area contributed by atoms with Crippen LogP contribution in [0.1, 0.15) is 25.7 Å². The average molecular weight is 372 g/mol. The number of carbonyl (C=O) groups is 1. The number of ether oxygens (including phenoxy) is 1. The Hall–Kier alpha value is -1.57. The molecule has 9 heteroatoms. The minimum absolute atomic E-state index is 0.0266. The van der Waals surface area contributed by atoms with Gasteiger partial charge in [-0.05, 0) is 37.5 Å². The molecule has 0 bridgehead atoms. The summed E-state index contributed by atoms with van der Waals surface area (Å²) in [5.41, 5.74) is 0.209. The number of benzene rings is 1. The van der Waals surface area contributed by atoms with Gasteiger partial charge in [-0.2, -0.15) is 22.0 Å². The van der Waals surface area contributed by atoms with Crippen LogP contribution in [0.5, 0.6) is 5.75 Å². The molecule has 3 nitrogen and oxygen atoms in total. The van der Waals surface area contributed by atoms with E-state index in [1.165, 1.54) is 12.1 Å². The largest absolute Gasteiger partial charge is 0.433 e. The summed E-state index contributed by atoms with van der Waals surface area (Å²) in [7, 11) is 0. The number of amides is 1. The van der Waals surface area contributed by atoms with Crippen LogP contribution in [0.2, 0.25) is 5.02 Å². The van der Waals surface area contributed by atoms with Crippen molar-refractivity contribution in [2.45, 2.75) is 38.5 Å². The predicted octanol–water partition coefficient (Wildman–Crippen LogP) is 5.25. The first-order valence-corrected chi connectivity index (χ1v) is 7.66. The van der Waals surface area contributed by atoms with Gasteiger partial charge >= 0.3 is 12.8 Å². The second kappa shape index (κ2) is 7.55. The number of alkyl halides is 5. The fraction of sp³-hybridized carbons (Fsp3) is 0.533. The first kappa shape index (κ1) is 18.8. The Bertz CT molecular complexity index is 594. The number of hydrogen-bond acceptors (Lipinski definition) is 2. The van der Waals surface area contributed by atoms with Gasteiger partial charge in [0.15, 0.2) is 0 Å². The van der Waals surface area contributed by atoms with E-state index in [2.05, 4.69) is 10.1 Å². The monoisotopic (exact) mass is 371 g/mol. The molecule has 0 aromatic heterocycles. The van der Waals surface area contributed by atoms with Crippen LogP contribution in [0.3, 0.4) is 0 Å². The van der Waals surface area contributed by atoms with E-state index in [9.17, 15) is 26.7 Å². The molecule has 1 aliphatic rings. The smallest absolute Gasteiger partial charge is 0.391 e. The molecule has 1 aromatic rings. The Morgan fingerprint density at radius 1 is 1.29 bits per heavy atom. The highest BCUT2D eigenvalue weighted by molar-refractivity contribution is 6.32. The van der Waals surface area contributed by atoms with Gasteiger partial charge in [0.25, 0.3) is 0 Å². The highest BCUT2D eigenvalue weighted by Crippen LogP contribution is 2.40. The lowest BCUT2D eigenvalue weighted by Crippen LogP contribution is -2.34. The number of hydrogen-bond donors (Lipinski definition) is 1. The van der Waals surface area contributed by atoms with Crippen LogP contribution in [0.15, 0.2) is 18.2 Å². The molecule has 0 heterocycles. The van der Waals surface area contributed by atoms with Gasteiger partial charge in [0.2, 0.25) is 5.91 Å². The van der Waals surface area contributed by atoms with Gasteiger partial charge in [-0.3, -0.25) is 4.79 Å². The second-order valence-corrected chi connectivity index (χ2v) is 6.02. The van der Waals surface area contributed by atoms with Gasteiger partial charge in [-0.15, -0.1) is 0 Å². The standard InChI is InChI=1S/C15H15ClF5NO2/c16-11-7-10(4-5-12(11)24-14(17)18)22-13(23)8-2-1-3-9(6-8)15(19,20)21/h4-5,7-9,14H,1-3,6H2,(H,22,23). The lowest BCUT2D eigenvalue weighted by molar-refractivity contribution is -0.185. The molecule has 1 aliphatic carbocycles. The summed E-state index contributed by atoms with van der Waals surface area (Å²) >= 11 is 5.77. The van der Waals surface area contributed by atoms with Gasteiger partial charge in [0, 0.05) is 11.6 Å². The van der Waals surface area contributed by atoms with Crippen LogP contribution in [-0.2, 0) is 4.79 Å². The zero-order chi connectivity index (χ0) is 17.9. The maximum absolute atomic E-state index is 12.8. The first-order valence-electron chi connectivity index (χ1n) is 7.28. The Morgan fingerprint density at radius 3 is 2.58 bits per heavy atom. The van der Waals surface area contributed by atoms with Crippen LogP contribution < -0.4 is 10.1 Å². The first-order chi connectivity index (χ1) is 11.2. The van der Waals surface area contributed by atoms with Crippen LogP contribution in [0, 0.1) is 11.8 Å². The Morgan fingerprint density at radius 2 is 2.00 bits per heavy atom. The van der Waals surface area contributed by atoms with E-state index in [0.29, 0.717) is 12.8 Å². The topological polar surface area (TPSA) is 38.3 Å². The highest BCUT2D eigenvalue weighted by Gasteiger charge is 2.43. The van der Waals surface area contributed by atoms with Crippen molar-refractivity contribution < 1.29 is 31.5 Å². The number of halogens is 6. The van der Waals surface area contributed by atoms with Gasteiger partial charge in [-0.25, -0.2) is 0 Å². The van der Waals surface area contributed by atoms with Crippen LogP contribution in [-0.4, -0.2) is 18.7 Å². The zero-order valence-corrected chi connectivity index (χ0v) is 13.1. The molecule has 24 heavy (non-hydrogen) atoms. The molecule has 0 aliphatic heterocycles. The summed E-state index contributed by atoms with van der Waals surface area (Å²) in [6.45, 7) is -3.04. The third-order valence-electron chi connectivity index (χ3n) is 3.92. The normalized spacial score (nSPS) is 21.6. The quantitative estimate of drug-likeness (QED) is 0.734. The molecule has 0 saturated heterocycles. The molecule has 1 N–H and O–H groups in total. The van der Waals surface area contributed by atoms with Gasteiger partial charge in [0.1, 0.15) is 5.75 Å². The van der Waals surface area contributed by atoms with Gasteiger partial charge in [-0.1, -0.05) is 18.0 Å². The summed E-state index contributed by atoms with van der Waals surface area (Å²) in [6.07, 6.45) is -3.84. The third-order valence-corrected chi connectivity index (χ3v) is 4.22.